The van der Waals surface area contributed by atoms with E-state index in [0.717, 1.165) is 12.4 Å². The van der Waals surface area contributed by atoms with E-state index in [0.29, 0.717) is 6.04 Å². The minimum Gasteiger partial charge on any atom is -0.329 e. The van der Waals surface area contributed by atoms with Crippen molar-refractivity contribution in [2.45, 2.75) is 18.9 Å². The van der Waals surface area contributed by atoms with Crippen LogP contribution in [-0.4, -0.2) is 36.2 Å². The summed E-state index contributed by atoms with van der Waals surface area (Å²) in [4.78, 5) is 2.47. The summed E-state index contributed by atoms with van der Waals surface area (Å²) in [6.45, 7) is 2.08. The van der Waals surface area contributed by atoms with Crippen molar-refractivity contribution in [3.63, 3.8) is 0 Å². The molecule has 0 amide bonds. The van der Waals surface area contributed by atoms with Gasteiger partial charge in [-0.3, -0.25) is 4.90 Å². The van der Waals surface area contributed by atoms with Gasteiger partial charge >= 0.3 is 0 Å². The Labute approximate surface area is 100 Å². The van der Waals surface area contributed by atoms with Crippen LogP contribution in [0.15, 0.2) is 0 Å². The van der Waals surface area contributed by atoms with Gasteiger partial charge in [-0.05, 0) is 40.6 Å². The summed E-state index contributed by atoms with van der Waals surface area (Å²) >= 11 is 2.59. The van der Waals surface area contributed by atoms with Gasteiger partial charge in [0.1, 0.15) is 0 Å². The Balaban J connectivity index is 0.000000424. The number of likely N-dealkylation sites (tertiary alicyclic amines) is 1. The van der Waals surface area contributed by atoms with Crippen molar-refractivity contribution in [1.82, 2.24) is 4.90 Å². The van der Waals surface area contributed by atoms with Crippen molar-refractivity contribution in [1.29, 1.82) is 0 Å². The van der Waals surface area contributed by atoms with Crippen LogP contribution in [0.3, 0.4) is 0 Å². The minimum atomic E-state index is 0.250. The smallest absolute Gasteiger partial charge is 0.0548 e. The highest BCUT2D eigenvalue weighted by Crippen LogP contribution is 2.21. The molecule has 1 atom stereocenters. The van der Waals surface area contributed by atoms with Gasteiger partial charge < -0.3 is 5.73 Å². The highest BCUT2D eigenvalue weighted by atomic mass is 127. The lowest BCUT2D eigenvalue weighted by Crippen LogP contribution is -2.34. The number of nitrogens with two attached hydrogens (primary N) is 1. The molecule has 0 radical (unpaired) electrons. The molecule has 0 aromatic carbocycles. The molecule has 0 aromatic rings. The zero-order chi connectivity index (χ0) is 10.1. The molecule has 2 N–H and O–H groups in total. The Morgan fingerprint density at radius 2 is 2.31 bits per heavy atom. The maximum absolute atomic E-state index is 10.2. The number of hydrogen-bond acceptors (Lipinski definition) is 4. The van der Waals surface area contributed by atoms with Gasteiger partial charge in [0.15, 0.2) is 0 Å². The second-order valence-electron chi connectivity index (χ2n) is 2.74. The molecule has 0 aliphatic carbocycles. The molecule has 13 heavy (non-hydrogen) atoms. The van der Waals surface area contributed by atoms with E-state index in [1.807, 2.05) is 8.93 Å². The summed E-state index contributed by atoms with van der Waals surface area (Å²) in [5, 5.41) is 0. The van der Waals surface area contributed by atoms with Crippen molar-refractivity contribution < 1.29 is 3.89 Å². The van der Waals surface area contributed by atoms with Gasteiger partial charge in [0.25, 0.3) is 0 Å². The van der Waals surface area contributed by atoms with Crippen LogP contribution in [0.5, 0.6) is 0 Å². The van der Waals surface area contributed by atoms with Crippen molar-refractivity contribution in [2.24, 2.45) is 5.73 Å². The van der Waals surface area contributed by atoms with Gasteiger partial charge in [0.05, 0.1) is 5.88 Å². The lowest BCUT2D eigenvalue weighted by atomic mass is 10.2. The highest BCUT2D eigenvalue weighted by molar-refractivity contribution is 14.2. The van der Waals surface area contributed by atoms with Crippen molar-refractivity contribution in [3.05, 3.63) is 0 Å². The van der Waals surface area contributed by atoms with E-state index in [-0.39, 0.29) is 12.1 Å². The third kappa shape index (κ3) is 6.38. The normalized spacial score (nSPS) is 22.6. The van der Waals surface area contributed by atoms with Gasteiger partial charge in [0, 0.05) is 31.0 Å². The Kier molecular flexibility index (Phi) is 10.8. The third-order valence-electron chi connectivity index (χ3n) is 1.99. The summed E-state index contributed by atoms with van der Waals surface area (Å²) in [7, 11) is 1.86. The lowest BCUT2D eigenvalue weighted by molar-refractivity contribution is 0.305. The molecule has 0 spiro atoms. The van der Waals surface area contributed by atoms with E-state index in [1.165, 1.54) is 25.6 Å². The molecule has 1 aliphatic rings. The number of halogens is 2. The van der Waals surface area contributed by atoms with Crippen LogP contribution < -0.4 is 5.73 Å². The SMILES string of the molecule is CSF.NCC1CCCN1CSI. The van der Waals surface area contributed by atoms with Crippen LogP contribution in [0, 0.1) is 0 Å². The molecule has 6 heteroatoms. The van der Waals surface area contributed by atoms with E-state index in [4.69, 9.17) is 5.73 Å². The van der Waals surface area contributed by atoms with Gasteiger partial charge in [0.2, 0.25) is 0 Å². The maximum atomic E-state index is 10.2. The Morgan fingerprint density at radius 1 is 1.69 bits per heavy atom. The molecule has 1 saturated heterocycles. The first-order chi connectivity index (χ1) is 6.29. The lowest BCUT2D eigenvalue weighted by Gasteiger charge is -2.20. The van der Waals surface area contributed by atoms with Crippen LogP contribution in [0.2, 0.25) is 0 Å². The summed E-state index contributed by atoms with van der Waals surface area (Å²) in [6, 6.07) is 0.669. The predicted molar refractivity (Wildman–Crippen MR) is 69.9 cm³/mol. The Hall–Kier alpha value is 1.28. The maximum Gasteiger partial charge on any atom is 0.0548 e. The largest absolute Gasteiger partial charge is 0.329 e. The van der Waals surface area contributed by atoms with Gasteiger partial charge in [-0.25, -0.2) is 0 Å². The fraction of sp³-hybridized carbons (Fsp3) is 1.00. The second kappa shape index (κ2) is 9.82. The van der Waals surface area contributed by atoms with E-state index in [1.54, 1.807) is 0 Å². The molecular weight excluding hydrogens is 322 g/mol. The fourth-order valence-corrected chi connectivity index (χ4v) is 2.93. The van der Waals surface area contributed by atoms with Crippen LogP contribution in [0.25, 0.3) is 0 Å². The highest BCUT2D eigenvalue weighted by Gasteiger charge is 2.21. The third-order valence-corrected chi connectivity index (χ3v) is 3.25. The average Bonchev–Trinajstić information content (AvgIpc) is 2.54. The molecule has 80 valence electrons. The quantitative estimate of drug-likeness (QED) is 0.802. The topological polar surface area (TPSA) is 29.3 Å². The Morgan fingerprint density at radius 3 is 2.77 bits per heavy atom. The number of hydrogen-bond donors (Lipinski definition) is 1. The first-order valence-corrected chi connectivity index (χ1v) is 8.77. The Bertz CT molecular complexity index is 121. The first kappa shape index (κ1) is 14.3. The van der Waals surface area contributed by atoms with E-state index in [9.17, 15) is 3.89 Å². The zero-order valence-electron chi connectivity index (χ0n) is 7.71. The summed E-state index contributed by atoms with van der Waals surface area (Å²) in [5.41, 5.74) is 5.60. The summed E-state index contributed by atoms with van der Waals surface area (Å²) < 4.78 is 10.2. The van der Waals surface area contributed by atoms with Gasteiger partial charge in [-0.1, -0.05) is 8.93 Å². The molecule has 2 nitrogen and oxygen atoms in total. The molecule has 1 fully saturated rings. The van der Waals surface area contributed by atoms with E-state index >= 15 is 0 Å². The summed E-state index contributed by atoms with van der Waals surface area (Å²) in [5.74, 6) is 1.14. The molecule has 1 rings (SSSR count). The predicted octanol–water partition coefficient (Wildman–Crippen LogP) is 2.68. The molecule has 0 bridgehead atoms. The number of nitrogens with zero attached hydrogens (tertiary/aromatic N) is 1. The fourth-order valence-electron chi connectivity index (χ4n) is 1.39. The van der Waals surface area contributed by atoms with Crippen LogP contribution in [-0.2, 0) is 0 Å². The van der Waals surface area contributed by atoms with Crippen molar-refractivity contribution in [2.75, 3.05) is 25.2 Å². The van der Waals surface area contributed by atoms with Crippen LogP contribution in [0.1, 0.15) is 12.8 Å². The summed E-state index contributed by atoms with van der Waals surface area (Å²) in [6.07, 6.45) is 4.01. The molecule has 1 heterocycles. The van der Waals surface area contributed by atoms with Crippen molar-refractivity contribution in [3.8, 4) is 0 Å². The molecule has 1 aliphatic heterocycles. The molecule has 0 saturated carbocycles. The van der Waals surface area contributed by atoms with Crippen LogP contribution in [0.4, 0.5) is 3.89 Å². The molecular formula is C7H16FIN2S2. The van der Waals surface area contributed by atoms with E-state index < -0.39 is 0 Å². The number of rotatable bonds is 3. The standard InChI is InChI=1S/C6H13IN2S.CH3FS/c7-10-5-9-3-1-2-6(9)4-8;1-3-2/h6H,1-5,8H2;1H3. The average molecular weight is 338 g/mol. The first-order valence-electron chi connectivity index (χ1n) is 4.12. The van der Waals surface area contributed by atoms with Crippen molar-refractivity contribution >= 4 is 42.3 Å². The monoisotopic (exact) mass is 338 g/mol. The zero-order valence-corrected chi connectivity index (χ0v) is 11.5. The second-order valence-corrected chi connectivity index (χ2v) is 5.39. The minimum absolute atomic E-state index is 0.250. The molecule has 1 unspecified atom stereocenters. The van der Waals surface area contributed by atoms with Gasteiger partial charge in [-0.15, -0.1) is 0 Å². The molecule has 0 aromatic heterocycles. The van der Waals surface area contributed by atoms with Gasteiger partial charge in [-0.2, -0.15) is 3.89 Å². The van der Waals surface area contributed by atoms with E-state index in [2.05, 4.69) is 26.1 Å². The van der Waals surface area contributed by atoms with Crippen LogP contribution >= 0.6 is 42.3 Å².